The van der Waals surface area contributed by atoms with E-state index in [1.807, 2.05) is 30.3 Å². The molecule has 1 aliphatic heterocycles. The molecule has 0 saturated heterocycles. The topological polar surface area (TPSA) is 77.9 Å². The second kappa shape index (κ2) is 7.72. The summed E-state index contributed by atoms with van der Waals surface area (Å²) in [6.45, 7) is 3.91. The van der Waals surface area contributed by atoms with E-state index in [0.717, 1.165) is 5.56 Å². The van der Waals surface area contributed by atoms with Gasteiger partial charge in [0.2, 0.25) is 0 Å². The number of fused-ring (bicyclic) bond motifs is 1. The molecule has 6 heteroatoms. The molecule has 0 atom stereocenters. The predicted molar refractivity (Wildman–Crippen MR) is 100 cm³/mol. The molecule has 0 aliphatic carbocycles. The summed E-state index contributed by atoms with van der Waals surface area (Å²) in [6.07, 6.45) is 0. The lowest BCUT2D eigenvalue weighted by Gasteiger charge is -2.22. The van der Waals surface area contributed by atoms with Crippen molar-refractivity contribution in [3.05, 3.63) is 70.8 Å². The van der Waals surface area contributed by atoms with E-state index in [9.17, 15) is 19.5 Å². The summed E-state index contributed by atoms with van der Waals surface area (Å²) in [5.74, 6) is -1.00. The smallest absolute Gasteiger partial charge is 0.261 e. The molecule has 0 spiro atoms. The number of hydrogen-bond donors (Lipinski definition) is 1. The molecular formula is C21H22N2O4. The van der Waals surface area contributed by atoms with Crippen LogP contribution in [0.2, 0.25) is 0 Å². The SMILES string of the molecule is CC(C)N1C(=O)c2ccc(C(=O)N(CCO)Cc3ccccc3)cc2C1=O. The van der Waals surface area contributed by atoms with Crippen LogP contribution in [0.5, 0.6) is 0 Å². The average Bonchev–Trinajstić information content (AvgIpc) is 2.92. The Morgan fingerprint density at radius 3 is 2.33 bits per heavy atom. The van der Waals surface area contributed by atoms with Crippen LogP contribution in [0.3, 0.4) is 0 Å². The zero-order valence-corrected chi connectivity index (χ0v) is 15.4. The van der Waals surface area contributed by atoms with Crippen LogP contribution in [0.25, 0.3) is 0 Å². The van der Waals surface area contributed by atoms with Crippen LogP contribution < -0.4 is 0 Å². The van der Waals surface area contributed by atoms with Gasteiger partial charge in [-0.15, -0.1) is 0 Å². The Labute approximate surface area is 158 Å². The van der Waals surface area contributed by atoms with Crippen molar-refractivity contribution in [2.75, 3.05) is 13.2 Å². The van der Waals surface area contributed by atoms with Crippen LogP contribution in [0.15, 0.2) is 48.5 Å². The zero-order chi connectivity index (χ0) is 19.6. The number of hydrogen-bond acceptors (Lipinski definition) is 4. The lowest BCUT2D eigenvalue weighted by molar-refractivity contribution is 0.0608. The highest BCUT2D eigenvalue weighted by molar-refractivity contribution is 6.22. The van der Waals surface area contributed by atoms with Crippen molar-refractivity contribution in [1.82, 2.24) is 9.80 Å². The normalized spacial score (nSPS) is 13.3. The number of aliphatic hydroxyl groups is 1. The minimum absolute atomic E-state index is 0.165. The van der Waals surface area contributed by atoms with Gasteiger partial charge >= 0.3 is 0 Å². The Hall–Kier alpha value is -2.99. The van der Waals surface area contributed by atoms with E-state index >= 15 is 0 Å². The standard InChI is InChI=1S/C21H22N2O4/c1-14(2)23-20(26)17-9-8-16(12-18(17)21(23)27)19(25)22(10-11-24)13-15-6-4-3-5-7-15/h3-9,12,14,24H,10-11,13H2,1-2H3. The summed E-state index contributed by atoms with van der Waals surface area (Å²) in [7, 11) is 0. The summed E-state index contributed by atoms with van der Waals surface area (Å²) in [6, 6.07) is 13.8. The molecule has 0 saturated carbocycles. The molecule has 0 radical (unpaired) electrons. The molecule has 3 rings (SSSR count). The van der Waals surface area contributed by atoms with E-state index in [1.54, 1.807) is 19.9 Å². The highest BCUT2D eigenvalue weighted by Crippen LogP contribution is 2.26. The van der Waals surface area contributed by atoms with Gasteiger partial charge in [0.1, 0.15) is 0 Å². The molecule has 2 aromatic rings. The number of carbonyl (C=O) groups excluding carboxylic acids is 3. The molecule has 2 aromatic carbocycles. The molecule has 140 valence electrons. The van der Waals surface area contributed by atoms with Gasteiger partial charge in [-0.2, -0.15) is 0 Å². The van der Waals surface area contributed by atoms with Crippen molar-refractivity contribution in [3.8, 4) is 0 Å². The maximum absolute atomic E-state index is 12.9. The molecule has 0 unspecified atom stereocenters. The van der Waals surface area contributed by atoms with Crippen LogP contribution >= 0.6 is 0 Å². The van der Waals surface area contributed by atoms with Gasteiger partial charge in [-0.1, -0.05) is 30.3 Å². The highest BCUT2D eigenvalue weighted by atomic mass is 16.3. The first-order valence-electron chi connectivity index (χ1n) is 8.90. The van der Waals surface area contributed by atoms with Crippen molar-refractivity contribution in [3.63, 3.8) is 0 Å². The van der Waals surface area contributed by atoms with E-state index in [4.69, 9.17) is 0 Å². The van der Waals surface area contributed by atoms with Crippen molar-refractivity contribution < 1.29 is 19.5 Å². The quantitative estimate of drug-likeness (QED) is 0.796. The van der Waals surface area contributed by atoms with Gasteiger partial charge in [-0.25, -0.2) is 0 Å². The number of carbonyl (C=O) groups is 3. The molecular weight excluding hydrogens is 344 g/mol. The fourth-order valence-electron chi connectivity index (χ4n) is 3.22. The second-order valence-corrected chi connectivity index (χ2v) is 6.77. The molecule has 0 aromatic heterocycles. The molecule has 0 bridgehead atoms. The van der Waals surface area contributed by atoms with E-state index in [0.29, 0.717) is 17.7 Å². The molecule has 6 nitrogen and oxygen atoms in total. The predicted octanol–water partition coefficient (Wildman–Crippen LogP) is 2.33. The minimum atomic E-state index is -0.378. The first-order chi connectivity index (χ1) is 12.9. The summed E-state index contributed by atoms with van der Waals surface area (Å²) < 4.78 is 0. The first kappa shape index (κ1) is 18.8. The van der Waals surface area contributed by atoms with Crippen LogP contribution in [0.1, 0.15) is 50.5 Å². The average molecular weight is 366 g/mol. The van der Waals surface area contributed by atoms with E-state index in [-0.39, 0.29) is 42.5 Å². The summed E-state index contributed by atoms with van der Waals surface area (Å²) in [4.78, 5) is 40.6. The van der Waals surface area contributed by atoms with Gasteiger partial charge in [0.15, 0.2) is 0 Å². The Bertz CT molecular complexity index is 877. The number of benzene rings is 2. The van der Waals surface area contributed by atoms with Crippen LogP contribution in [0, 0.1) is 0 Å². The van der Waals surface area contributed by atoms with Crippen LogP contribution in [0.4, 0.5) is 0 Å². The fraction of sp³-hybridized carbons (Fsp3) is 0.286. The van der Waals surface area contributed by atoms with Gasteiger partial charge in [-0.3, -0.25) is 19.3 Å². The number of aliphatic hydroxyl groups excluding tert-OH is 1. The Kier molecular flexibility index (Phi) is 5.37. The van der Waals surface area contributed by atoms with Crippen LogP contribution in [-0.2, 0) is 6.54 Å². The Morgan fingerprint density at radius 2 is 1.70 bits per heavy atom. The molecule has 0 fully saturated rings. The monoisotopic (exact) mass is 366 g/mol. The van der Waals surface area contributed by atoms with Crippen molar-refractivity contribution in [2.45, 2.75) is 26.4 Å². The molecule has 27 heavy (non-hydrogen) atoms. The molecule has 1 N–H and O–H groups in total. The Morgan fingerprint density at radius 1 is 1.04 bits per heavy atom. The van der Waals surface area contributed by atoms with Gasteiger partial charge in [0.05, 0.1) is 17.7 Å². The van der Waals surface area contributed by atoms with Gasteiger partial charge in [-0.05, 0) is 37.6 Å². The van der Waals surface area contributed by atoms with E-state index in [2.05, 4.69) is 0 Å². The minimum Gasteiger partial charge on any atom is -0.395 e. The number of imide groups is 1. The molecule has 3 amide bonds. The maximum Gasteiger partial charge on any atom is 0.261 e. The van der Waals surface area contributed by atoms with Crippen molar-refractivity contribution >= 4 is 17.7 Å². The molecule has 1 heterocycles. The second-order valence-electron chi connectivity index (χ2n) is 6.77. The highest BCUT2D eigenvalue weighted by Gasteiger charge is 2.37. The number of amides is 3. The third kappa shape index (κ3) is 3.61. The van der Waals surface area contributed by atoms with E-state index < -0.39 is 0 Å². The largest absolute Gasteiger partial charge is 0.395 e. The van der Waals surface area contributed by atoms with Gasteiger partial charge in [0.25, 0.3) is 17.7 Å². The maximum atomic E-state index is 12.9. The lowest BCUT2D eigenvalue weighted by atomic mass is 10.0. The van der Waals surface area contributed by atoms with Crippen molar-refractivity contribution in [1.29, 1.82) is 0 Å². The third-order valence-corrected chi connectivity index (χ3v) is 4.55. The van der Waals surface area contributed by atoms with E-state index in [1.165, 1.54) is 21.9 Å². The molecule has 1 aliphatic rings. The summed E-state index contributed by atoms with van der Waals surface area (Å²) in [5, 5.41) is 9.34. The van der Waals surface area contributed by atoms with Crippen LogP contribution in [-0.4, -0.2) is 51.8 Å². The lowest BCUT2D eigenvalue weighted by Crippen LogP contribution is -2.36. The third-order valence-electron chi connectivity index (χ3n) is 4.55. The zero-order valence-electron chi connectivity index (χ0n) is 15.4. The fourth-order valence-corrected chi connectivity index (χ4v) is 3.22. The Balaban J connectivity index is 1.89. The summed E-state index contributed by atoms with van der Waals surface area (Å²) in [5.41, 5.74) is 1.84. The first-order valence-corrected chi connectivity index (χ1v) is 8.90. The summed E-state index contributed by atoms with van der Waals surface area (Å²) >= 11 is 0. The van der Waals surface area contributed by atoms with Crippen molar-refractivity contribution in [2.24, 2.45) is 0 Å². The number of rotatable bonds is 6. The number of nitrogens with zero attached hydrogens (tertiary/aromatic N) is 2. The van der Waals surface area contributed by atoms with Gasteiger partial charge in [0, 0.05) is 24.7 Å². The van der Waals surface area contributed by atoms with Gasteiger partial charge < -0.3 is 10.0 Å².